The van der Waals surface area contributed by atoms with E-state index in [9.17, 15) is 22.8 Å². The number of esters is 1. The standard InChI is InChI=1S/C14H16ClN3O6S/c1-16-14(21)17-12(19)7-24-13(20)8-2-5-10(15)11(6-8)25(22,23)18-9-3-4-9/h2,5-6,9,18H,3-4,7H2,1H3,(H2,16,17,19,21). The number of hydrogen-bond donors (Lipinski definition) is 3. The van der Waals surface area contributed by atoms with Gasteiger partial charge < -0.3 is 10.1 Å². The quantitative estimate of drug-likeness (QED) is 0.603. The molecule has 11 heteroatoms. The Labute approximate surface area is 149 Å². The van der Waals surface area contributed by atoms with E-state index in [4.69, 9.17) is 16.3 Å². The highest BCUT2D eigenvalue weighted by Crippen LogP contribution is 2.27. The molecule has 9 nitrogen and oxygen atoms in total. The predicted octanol–water partition coefficient (Wildman–Crippen LogP) is 0.393. The molecule has 1 saturated carbocycles. The lowest BCUT2D eigenvalue weighted by molar-refractivity contribution is -0.123. The Kier molecular flexibility index (Phi) is 5.98. The Morgan fingerprint density at radius 2 is 1.96 bits per heavy atom. The van der Waals surface area contributed by atoms with Crippen LogP contribution < -0.4 is 15.4 Å². The number of urea groups is 1. The van der Waals surface area contributed by atoms with Gasteiger partial charge in [0.1, 0.15) is 4.90 Å². The zero-order valence-electron chi connectivity index (χ0n) is 13.2. The number of rotatable bonds is 6. The van der Waals surface area contributed by atoms with Crippen LogP contribution in [0.3, 0.4) is 0 Å². The lowest BCUT2D eigenvalue weighted by Gasteiger charge is -2.10. The number of ether oxygens (including phenoxy) is 1. The van der Waals surface area contributed by atoms with Crippen molar-refractivity contribution in [2.24, 2.45) is 0 Å². The molecule has 3 N–H and O–H groups in total. The highest BCUT2D eigenvalue weighted by Gasteiger charge is 2.29. The first-order valence-electron chi connectivity index (χ1n) is 7.23. The van der Waals surface area contributed by atoms with Gasteiger partial charge in [-0.2, -0.15) is 0 Å². The molecule has 1 aliphatic rings. The highest BCUT2D eigenvalue weighted by atomic mass is 35.5. The molecule has 1 aromatic rings. The summed E-state index contributed by atoms with van der Waals surface area (Å²) < 4.78 is 31.7. The Hall–Kier alpha value is -2.17. The van der Waals surface area contributed by atoms with Crippen molar-refractivity contribution in [2.75, 3.05) is 13.7 Å². The van der Waals surface area contributed by atoms with Gasteiger partial charge in [0, 0.05) is 13.1 Å². The second-order valence-electron chi connectivity index (χ2n) is 5.24. The SMILES string of the molecule is CNC(=O)NC(=O)COC(=O)c1ccc(Cl)c(S(=O)(=O)NC2CC2)c1. The van der Waals surface area contributed by atoms with Gasteiger partial charge in [-0.15, -0.1) is 0 Å². The van der Waals surface area contributed by atoms with Crippen LogP contribution >= 0.6 is 11.6 Å². The Bertz CT molecular complexity index is 807. The van der Waals surface area contributed by atoms with E-state index in [2.05, 4.69) is 10.0 Å². The summed E-state index contributed by atoms with van der Waals surface area (Å²) in [4.78, 5) is 34.1. The van der Waals surface area contributed by atoms with Gasteiger partial charge in [-0.1, -0.05) is 11.6 Å². The van der Waals surface area contributed by atoms with Crippen LogP contribution in [0.15, 0.2) is 23.1 Å². The van der Waals surface area contributed by atoms with E-state index in [0.717, 1.165) is 18.9 Å². The van der Waals surface area contributed by atoms with Crippen LogP contribution in [-0.4, -0.2) is 46.0 Å². The van der Waals surface area contributed by atoms with E-state index in [1.807, 2.05) is 5.32 Å². The van der Waals surface area contributed by atoms with E-state index in [1.54, 1.807) is 0 Å². The van der Waals surface area contributed by atoms with Crippen LogP contribution in [0.4, 0.5) is 4.79 Å². The number of halogens is 1. The summed E-state index contributed by atoms with van der Waals surface area (Å²) in [7, 11) is -2.54. The molecule has 0 radical (unpaired) electrons. The first kappa shape index (κ1) is 19.2. The van der Waals surface area contributed by atoms with Gasteiger partial charge in [0.2, 0.25) is 10.0 Å². The molecule has 0 saturated heterocycles. The minimum Gasteiger partial charge on any atom is -0.452 e. The third-order valence-electron chi connectivity index (χ3n) is 3.17. The molecular formula is C14H16ClN3O6S. The molecule has 0 aliphatic heterocycles. The zero-order chi connectivity index (χ0) is 18.6. The molecule has 3 amide bonds. The van der Waals surface area contributed by atoms with Crippen molar-refractivity contribution in [1.29, 1.82) is 0 Å². The van der Waals surface area contributed by atoms with Crippen LogP contribution in [0.1, 0.15) is 23.2 Å². The number of nitrogens with one attached hydrogen (secondary N) is 3. The lowest BCUT2D eigenvalue weighted by atomic mass is 10.2. The van der Waals surface area contributed by atoms with Crippen molar-refractivity contribution in [3.63, 3.8) is 0 Å². The molecule has 1 aliphatic carbocycles. The van der Waals surface area contributed by atoms with Crippen LogP contribution in [0.25, 0.3) is 0 Å². The fraction of sp³-hybridized carbons (Fsp3) is 0.357. The topological polar surface area (TPSA) is 131 Å². The molecule has 0 heterocycles. The van der Waals surface area contributed by atoms with Crippen molar-refractivity contribution in [2.45, 2.75) is 23.8 Å². The number of benzene rings is 1. The van der Waals surface area contributed by atoms with Gasteiger partial charge in [-0.3, -0.25) is 10.1 Å². The smallest absolute Gasteiger partial charge is 0.338 e. The summed E-state index contributed by atoms with van der Waals surface area (Å²) in [6.45, 7) is -0.697. The molecule has 25 heavy (non-hydrogen) atoms. The van der Waals surface area contributed by atoms with Gasteiger partial charge in [-0.05, 0) is 31.0 Å². The summed E-state index contributed by atoms with van der Waals surface area (Å²) in [6, 6.07) is 2.74. The molecule has 136 valence electrons. The fourth-order valence-corrected chi connectivity index (χ4v) is 3.59. The molecule has 0 bridgehead atoms. The monoisotopic (exact) mass is 389 g/mol. The largest absolute Gasteiger partial charge is 0.452 e. The van der Waals surface area contributed by atoms with Crippen molar-refractivity contribution in [3.8, 4) is 0 Å². The van der Waals surface area contributed by atoms with E-state index >= 15 is 0 Å². The van der Waals surface area contributed by atoms with Gasteiger partial charge >= 0.3 is 12.0 Å². The minimum atomic E-state index is -3.86. The van der Waals surface area contributed by atoms with E-state index < -0.39 is 34.5 Å². The summed E-state index contributed by atoms with van der Waals surface area (Å²) in [5, 5.41) is 4.04. The molecule has 0 atom stereocenters. The van der Waals surface area contributed by atoms with Gasteiger partial charge in [0.15, 0.2) is 6.61 Å². The minimum absolute atomic E-state index is 0.0398. The molecular weight excluding hydrogens is 374 g/mol. The average molecular weight is 390 g/mol. The molecule has 1 aromatic carbocycles. The maximum atomic E-state index is 12.2. The number of hydrogen-bond acceptors (Lipinski definition) is 6. The first-order chi connectivity index (χ1) is 11.7. The van der Waals surface area contributed by atoms with Crippen LogP contribution in [0.5, 0.6) is 0 Å². The Morgan fingerprint density at radius 3 is 2.56 bits per heavy atom. The lowest BCUT2D eigenvalue weighted by Crippen LogP contribution is -2.39. The van der Waals surface area contributed by atoms with Crippen molar-refractivity contribution in [1.82, 2.24) is 15.4 Å². The Morgan fingerprint density at radius 1 is 1.28 bits per heavy atom. The normalized spacial score (nSPS) is 13.8. The van der Waals surface area contributed by atoms with Gasteiger partial charge in [0.25, 0.3) is 5.91 Å². The van der Waals surface area contributed by atoms with Crippen LogP contribution in [0, 0.1) is 0 Å². The molecule has 0 aromatic heterocycles. The molecule has 0 unspecified atom stereocenters. The Balaban J connectivity index is 2.06. The number of amides is 3. The highest BCUT2D eigenvalue weighted by molar-refractivity contribution is 7.89. The zero-order valence-corrected chi connectivity index (χ0v) is 14.7. The van der Waals surface area contributed by atoms with Gasteiger partial charge in [-0.25, -0.2) is 22.7 Å². The van der Waals surface area contributed by atoms with Gasteiger partial charge in [0.05, 0.1) is 10.6 Å². The fourth-order valence-electron chi connectivity index (χ4n) is 1.76. The second kappa shape index (κ2) is 7.81. The molecule has 1 fully saturated rings. The molecule has 2 rings (SSSR count). The summed E-state index contributed by atoms with van der Waals surface area (Å²) >= 11 is 5.91. The second-order valence-corrected chi connectivity index (χ2v) is 7.33. The average Bonchev–Trinajstić information content (AvgIpc) is 3.35. The van der Waals surface area contributed by atoms with E-state index in [0.29, 0.717) is 0 Å². The first-order valence-corrected chi connectivity index (χ1v) is 9.09. The third kappa shape index (κ3) is 5.41. The summed E-state index contributed by atoms with van der Waals surface area (Å²) in [5.74, 6) is -1.75. The maximum absolute atomic E-state index is 12.2. The summed E-state index contributed by atoms with van der Waals surface area (Å²) in [5.41, 5.74) is -0.0895. The van der Waals surface area contributed by atoms with Crippen molar-refractivity contribution < 1.29 is 27.5 Å². The number of imide groups is 1. The summed E-state index contributed by atoms with van der Waals surface area (Å²) in [6.07, 6.45) is 1.50. The number of carbonyl (C=O) groups is 3. The molecule has 0 spiro atoms. The number of sulfonamides is 1. The predicted molar refractivity (Wildman–Crippen MR) is 87.7 cm³/mol. The van der Waals surface area contributed by atoms with Crippen LogP contribution in [-0.2, 0) is 19.6 Å². The third-order valence-corrected chi connectivity index (χ3v) is 5.17. The van der Waals surface area contributed by atoms with Crippen molar-refractivity contribution >= 4 is 39.5 Å². The van der Waals surface area contributed by atoms with E-state index in [-0.39, 0.29) is 21.5 Å². The van der Waals surface area contributed by atoms with E-state index in [1.165, 1.54) is 19.2 Å². The van der Waals surface area contributed by atoms with Crippen molar-refractivity contribution in [3.05, 3.63) is 28.8 Å². The number of carbonyl (C=O) groups excluding carboxylic acids is 3. The maximum Gasteiger partial charge on any atom is 0.338 e. The van der Waals surface area contributed by atoms with Crippen LogP contribution in [0.2, 0.25) is 5.02 Å².